The predicted molar refractivity (Wildman–Crippen MR) is 44.7 cm³/mol. The molecule has 0 saturated carbocycles. The van der Waals surface area contributed by atoms with Gasteiger partial charge in [0.15, 0.2) is 0 Å². The molecule has 0 amide bonds. The van der Waals surface area contributed by atoms with Gasteiger partial charge in [0.05, 0.1) is 12.1 Å². The van der Waals surface area contributed by atoms with Gasteiger partial charge in [-0.2, -0.15) is 0 Å². The molecule has 1 aliphatic rings. The molecule has 2 N–H and O–H groups in total. The Morgan fingerprint density at radius 1 is 1.67 bits per heavy atom. The molecule has 2 rings (SSSR count). The summed E-state index contributed by atoms with van der Waals surface area (Å²) in [5, 5.41) is 3.34. The fourth-order valence-electron chi connectivity index (χ4n) is 1.56. The molecule has 1 saturated heterocycles. The minimum atomic E-state index is 0.333. The first-order chi connectivity index (χ1) is 5.90. The van der Waals surface area contributed by atoms with Gasteiger partial charge in [-0.1, -0.05) is 0 Å². The van der Waals surface area contributed by atoms with E-state index in [1.54, 1.807) is 13.3 Å². The van der Waals surface area contributed by atoms with Gasteiger partial charge in [-0.05, 0) is 6.42 Å². The predicted octanol–water partition coefficient (Wildman–Crippen LogP) is 0.459. The van der Waals surface area contributed by atoms with Gasteiger partial charge in [0, 0.05) is 26.0 Å². The summed E-state index contributed by atoms with van der Waals surface area (Å²) >= 11 is 0. The van der Waals surface area contributed by atoms with Crippen molar-refractivity contribution in [2.45, 2.75) is 18.6 Å². The number of imidazole rings is 1. The number of methoxy groups -OCH3 is 1. The van der Waals surface area contributed by atoms with Crippen LogP contribution in [0, 0.1) is 0 Å². The van der Waals surface area contributed by atoms with Crippen molar-refractivity contribution in [3.8, 4) is 0 Å². The third-order valence-electron chi connectivity index (χ3n) is 2.27. The van der Waals surface area contributed by atoms with Crippen molar-refractivity contribution in [2.24, 2.45) is 0 Å². The van der Waals surface area contributed by atoms with E-state index in [2.05, 4.69) is 15.3 Å². The third-order valence-corrected chi connectivity index (χ3v) is 2.27. The highest BCUT2D eigenvalue weighted by molar-refractivity contribution is 4.99. The fourth-order valence-corrected chi connectivity index (χ4v) is 1.56. The number of ether oxygens (including phenoxy) is 1. The summed E-state index contributed by atoms with van der Waals surface area (Å²) in [4.78, 5) is 7.29. The van der Waals surface area contributed by atoms with Crippen molar-refractivity contribution in [3.05, 3.63) is 18.2 Å². The fraction of sp³-hybridized carbons (Fsp3) is 0.625. The number of nitrogens with one attached hydrogen (secondary N) is 2. The van der Waals surface area contributed by atoms with E-state index < -0.39 is 0 Å². The van der Waals surface area contributed by atoms with E-state index in [1.165, 1.54) is 0 Å². The van der Waals surface area contributed by atoms with Crippen molar-refractivity contribution in [1.82, 2.24) is 15.3 Å². The average Bonchev–Trinajstić information content (AvgIpc) is 2.75. The first kappa shape index (κ1) is 7.76. The normalized spacial score (nSPS) is 29.4. The SMILES string of the molecule is COC1CNC(c2ncc[nH]2)C1. The first-order valence-electron chi connectivity index (χ1n) is 4.15. The highest BCUT2D eigenvalue weighted by Gasteiger charge is 2.26. The Balaban J connectivity index is 2.00. The molecule has 2 unspecified atom stereocenters. The van der Waals surface area contributed by atoms with Crippen molar-refractivity contribution < 1.29 is 4.74 Å². The Labute approximate surface area is 71.3 Å². The zero-order chi connectivity index (χ0) is 8.39. The van der Waals surface area contributed by atoms with Crippen LogP contribution in [0.15, 0.2) is 12.4 Å². The number of hydrogen-bond acceptors (Lipinski definition) is 3. The molecule has 0 radical (unpaired) electrons. The summed E-state index contributed by atoms with van der Waals surface area (Å²) < 4.78 is 5.24. The van der Waals surface area contributed by atoms with Gasteiger partial charge in [-0.25, -0.2) is 4.98 Å². The highest BCUT2D eigenvalue weighted by atomic mass is 16.5. The second-order valence-electron chi connectivity index (χ2n) is 3.03. The lowest BCUT2D eigenvalue weighted by Crippen LogP contribution is -2.16. The molecule has 1 aromatic rings. The number of aromatic amines is 1. The van der Waals surface area contributed by atoms with E-state index in [4.69, 9.17) is 4.74 Å². The largest absolute Gasteiger partial charge is 0.380 e. The summed E-state index contributed by atoms with van der Waals surface area (Å²) in [5.74, 6) is 1.01. The van der Waals surface area contributed by atoms with Crippen LogP contribution in [0.3, 0.4) is 0 Å². The minimum Gasteiger partial charge on any atom is -0.380 e. The average molecular weight is 167 g/mol. The van der Waals surface area contributed by atoms with Crippen LogP contribution >= 0.6 is 0 Å². The van der Waals surface area contributed by atoms with E-state index in [0.717, 1.165) is 18.8 Å². The van der Waals surface area contributed by atoms with E-state index in [1.807, 2.05) is 6.20 Å². The molecule has 0 spiro atoms. The monoisotopic (exact) mass is 167 g/mol. The van der Waals surface area contributed by atoms with Gasteiger partial charge in [0.2, 0.25) is 0 Å². The molecule has 1 aromatic heterocycles. The van der Waals surface area contributed by atoms with E-state index in [0.29, 0.717) is 12.1 Å². The van der Waals surface area contributed by atoms with Crippen LogP contribution in [0.4, 0.5) is 0 Å². The Morgan fingerprint density at radius 2 is 2.58 bits per heavy atom. The lowest BCUT2D eigenvalue weighted by molar-refractivity contribution is 0.117. The maximum Gasteiger partial charge on any atom is 0.123 e. The van der Waals surface area contributed by atoms with E-state index in [-0.39, 0.29) is 0 Å². The van der Waals surface area contributed by atoms with Crippen molar-refractivity contribution in [1.29, 1.82) is 0 Å². The molecule has 12 heavy (non-hydrogen) atoms. The Morgan fingerprint density at radius 3 is 3.17 bits per heavy atom. The molecule has 2 atom stereocenters. The summed E-state index contributed by atoms with van der Waals surface area (Å²) in [7, 11) is 1.75. The van der Waals surface area contributed by atoms with Gasteiger partial charge >= 0.3 is 0 Å². The number of hydrogen-bond donors (Lipinski definition) is 2. The number of H-pyrrole nitrogens is 1. The standard InChI is InChI=1S/C8H13N3O/c1-12-6-4-7(11-5-6)8-9-2-3-10-8/h2-3,6-7,11H,4-5H2,1H3,(H,9,10). The summed E-state index contributed by atoms with van der Waals surface area (Å²) in [6.45, 7) is 0.919. The van der Waals surface area contributed by atoms with Crippen molar-refractivity contribution in [3.63, 3.8) is 0 Å². The van der Waals surface area contributed by atoms with Crippen LogP contribution in [0.2, 0.25) is 0 Å². The second kappa shape index (κ2) is 3.25. The Hall–Kier alpha value is -0.870. The van der Waals surface area contributed by atoms with Crippen LogP contribution in [-0.4, -0.2) is 29.7 Å². The topological polar surface area (TPSA) is 49.9 Å². The van der Waals surface area contributed by atoms with Crippen molar-refractivity contribution in [2.75, 3.05) is 13.7 Å². The molecular formula is C8H13N3O. The van der Waals surface area contributed by atoms with Crippen LogP contribution in [0.1, 0.15) is 18.3 Å². The number of rotatable bonds is 2. The molecule has 1 fully saturated rings. The van der Waals surface area contributed by atoms with Gasteiger partial charge < -0.3 is 15.0 Å². The molecule has 4 nitrogen and oxygen atoms in total. The zero-order valence-corrected chi connectivity index (χ0v) is 7.08. The first-order valence-corrected chi connectivity index (χ1v) is 4.15. The van der Waals surface area contributed by atoms with Gasteiger partial charge in [-0.3, -0.25) is 0 Å². The molecular weight excluding hydrogens is 154 g/mol. The van der Waals surface area contributed by atoms with Crippen LogP contribution in [-0.2, 0) is 4.74 Å². The van der Waals surface area contributed by atoms with Gasteiger partial charge in [0.25, 0.3) is 0 Å². The Kier molecular flexibility index (Phi) is 2.10. The van der Waals surface area contributed by atoms with E-state index >= 15 is 0 Å². The molecule has 2 heterocycles. The molecule has 4 heteroatoms. The maximum absolute atomic E-state index is 5.24. The van der Waals surface area contributed by atoms with Crippen molar-refractivity contribution >= 4 is 0 Å². The smallest absolute Gasteiger partial charge is 0.123 e. The maximum atomic E-state index is 5.24. The molecule has 66 valence electrons. The quantitative estimate of drug-likeness (QED) is 0.672. The van der Waals surface area contributed by atoms with E-state index in [9.17, 15) is 0 Å². The lowest BCUT2D eigenvalue weighted by Gasteiger charge is -2.05. The Bertz CT molecular complexity index is 234. The number of aromatic nitrogens is 2. The summed E-state index contributed by atoms with van der Waals surface area (Å²) in [6, 6.07) is 0.338. The highest BCUT2D eigenvalue weighted by Crippen LogP contribution is 2.21. The van der Waals surface area contributed by atoms with Crippen LogP contribution in [0.5, 0.6) is 0 Å². The molecule has 0 aliphatic carbocycles. The van der Waals surface area contributed by atoms with Gasteiger partial charge in [0.1, 0.15) is 5.82 Å². The third kappa shape index (κ3) is 1.35. The number of nitrogens with zero attached hydrogens (tertiary/aromatic N) is 1. The minimum absolute atomic E-state index is 0.333. The zero-order valence-electron chi connectivity index (χ0n) is 7.08. The lowest BCUT2D eigenvalue weighted by atomic mass is 10.2. The second-order valence-corrected chi connectivity index (χ2v) is 3.03. The summed E-state index contributed by atoms with van der Waals surface area (Å²) in [5.41, 5.74) is 0. The van der Waals surface area contributed by atoms with Gasteiger partial charge in [-0.15, -0.1) is 0 Å². The molecule has 1 aliphatic heterocycles. The van der Waals surface area contributed by atoms with Crippen LogP contribution in [0.25, 0.3) is 0 Å². The van der Waals surface area contributed by atoms with Crippen LogP contribution < -0.4 is 5.32 Å². The molecule has 0 aromatic carbocycles. The summed E-state index contributed by atoms with van der Waals surface area (Å²) in [6.07, 6.45) is 4.96. The molecule has 0 bridgehead atoms.